The highest BCUT2D eigenvalue weighted by molar-refractivity contribution is 5.21. The lowest BCUT2D eigenvalue weighted by atomic mass is 9.84. The Morgan fingerprint density at radius 1 is 1.18 bits per heavy atom. The lowest BCUT2D eigenvalue weighted by Crippen LogP contribution is -2.41. The zero-order chi connectivity index (χ0) is 12.1. The topological polar surface area (TPSA) is 38.0 Å². The number of hydrogen-bond acceptors (Lipinski definition) is 2. The summed E-state index contributed by atoms with van der Waals surface area (Å²) in [4.78, 5) is 0. The predicted molar refractivity (Wildman–Crippen MR) is 72.8 cm³/mol. The summed E-state index contributed by atoms with van der Waals surface area (Å²) in [5, 5.41) is 3.68. The van der Waals surface area contributed by atoms with Gasteiger partial charge in [-0.2, -0.15) is 0 Å². The van der Waals surface area contributed by atoms with Gasteiger partial charge >= 0.3 is 0 Å². The van der Waals surface area contributed by atoms with E-state index in [0.29, 0.717) is 12.0 Å². The van der Waals surface area contributed by atoms with Gasteiger partial charge in [-0.05, 0) is 37.8 Å². The van der Waals surface area contributed by atoms with Gasteiger partial charge in [0.2, 0.25) is 0 Å². The molecule has 94 valence electrons. The molecule has 0 aliphatic heterocycles. The summed E-state index contributed by atoms with van der Waals surface area (Å²) in [5.41, 5.74) is 8.54. The second-order valence-corrected chi connectivity index (χ2v) is 5.25. The first-order valence-corrected chi connectivity index (χ1v) is 6.78. The Balaban J connectivity index is 1.86. The van der Waals surface area contributed by atoms with E-state index in [1.54, 1.807) is 0 Å². The predicted octanol–water partition coefficient (Wildman–Crippen LogP) is 2.60. The van der Waals surface area contributed by atoms with E-state index in [1.165, 1.54) is 36.8 Å². The summed E-state index contributed by atoms with van der Waals surface area (Å²) in [6, 6.07) is 9.40. The number of rotatable bonds is 4. The molecule has 2 heteroatoms. The molecule has 1 aliphatic carbocycles. The van der Waals surface area contributed by atoms with Gasteiger partial charge in [0.05, 0.1) is 0 Å². The minimum atomic E-state index is 0.620. The number of nitrogens with one attached hydrogen (secondary N) is 1. The van der Waals surface area contributed by atoms with Crippen LogP contribution in [0.4, 0.5) is 0 Å². The minimum absolute atomic E-state index is 0.620. The third kappa shape index (κ3) is 3.55. The Hall–Kier alpha value is -0.860. The van der Waals surface area contributed by atoms with E-state index < -0.39 is 0 Å². The maximum absolute atomic E-state index is 5.84. The van der Waals surface area contributed by atoms with Crippen LogP contribution in [0, 0.1) is 12.8 Å². The summed E-state index contributed by atoms with van der Waals surface area (Å²) < 4.78 is 0. The largest absolute Gasteiger partial charge is 0.330 e. The van der Waals surface area contributed by atoms with Gasteiger partial charge in [0, 0.05) is 12.6 Å². The Morgan fingerprint density at radius 3 is 2.59 bits per heavy atom. The molecule has 0 spiro atoms. The van der Waals surface area contributed by atoms with E-state index in [2.05, 4.69) is 36.5 Å². The van der Waals surface area contributed by atoms with Crippen LogP contribution in [0.1, 0.15) is 36.8 Å². The van der Waals surface area contributed by atoms with Crippen molar-refractivity contribution in [3.63, 3.8) is 0 Å². The first-order chi connectivity index (χ1) is 8.29. The van der Waals surface area contributed by atoms with Crippen molar-refractivity contribution in [3.05, 3.63) is 35.4 Å². The van der Waals surface area contributed by atoms with E-state index in [1.807, 2.05) is 0 Å². The van der Waals surface area contributed by atoms with Crippen LogP contribution < -0.4 is 11.1 Å². The first-order valence-electron chi connectivity index (χ1n) is 6.78. The average molecular weight is 232 g/mol. The van der Waals surface area contributed by atoms with Gasteiger partial charge < -0.3 is 11.1 Å². The van der Waals surface area contributed by atoms with Crippen LogP contribution in [0.25, 0.3) is 0 Å². The summed E-state index contributed by atoms with van der Waals surface area (Å²) >= 11 is 0. The highest BCUT2D eigenvalue weighted by Crippen LogP contribution is 2.23. The molecular formula is C15H24N2. The lowest BCUT2D eigenvalue weighted by Gasteiger charge is -2.31. The highest BCUT2D eigenvalue weighted by atomic mass is 14.9. The minimum Gasteiger partial charge on any atom is -0.330 e. The molecule has 0 heterocycles. The van der Waals surface area contributed by atoms with Gasteiger partial charge in [-0.3, -0.25) is 0 Å². The Bertz CT molecular complexity index is 331. The van der Waals surface area contributed by atoms with Gasteiger partial charge in [-0.15, -0.1) is 0 Å². The lowest BCUT2D eigenvalue weighted by molar-refractivity contribution is 0.267. The fourth-order valence-corrected chi connectivity index (χ4v) is 2.71. The van der Waals surface area contributed by atoms with Crippen LogP contribution >= 0.6 is 0 Å². The Morgan fingerprint density at radius 2 is 1.88 bits per heavy atom. The molecular weight excluding hydrogens is 208 g/mol. The summed E-state index contributed by atoms with van der Waals surface area (Å²) in [6.45, 7) is 3.93. The molecule has 2 nitrogen and oxygen atoms in total. The van der Waals surface area contributed by atoms with Crippen molar-refractivity contribution < 1.29 is 0 Å². The zero-order valence-corrected chi connectivity index (χ0v) is 10.8. The second-order valence-electron chi connectivity index (χ2n) is 5.25. The molecule has 0 radical (unpaired) electrons. The van der Waals surface area contributed by atoms with Crippen molar-refractivity contribution >= 4 is 0 Å². The van der Waals surface area contributed by atoms with Crippen LogP contribution in [-0.4, -0.2) is 12.6 Å². The summed E-state index contributed by atoms with van der Waals surface area (Å²) in [7, 11) is 0. The SMILES string of the molecule is Cc1ccc(CNC2CCCCC2CN)cc1. The third-order valence-corrected chi connectivity index (χ3v) is 3.90. The summed E-state index contributed by atoms with van der Waals surface area (Å²) in [5.74, 6) is 0.675. The molecule has 1 aliphatic rings. The molecule has 17 heavy (non-hydrogen) atoms. The molecule has 1 aromatic carbocycles. The molecule has 1 saturated carbocycles. The van der Waals surface area contributed by atoms with Crippen LogP contribution in [0.3, 0.4) is 0 Å². The third-order valence-electron chi connectivity index (χ3n) is 3.90. The van der Waals surface area contributed by atoms with Crippen LogP contribution in [0.2, 0.25) is 0 Å². The van der Waals surface area contributed by atoms with Crippen molar-refractivity contribution in [3.8, 4) is 0 Å². The molecule has 1 aromatic rings. The molecule has 2 unspecified atom stereocenters. The first kappa shape index (κ1) is 12.6. The highest BCUT2D eigenvalue weighted by Gasteiger charge is 2.22. The number of benzene rings is 1. The number of hydrogen-bond donors (Lipinski definition) is 2. The molecule has 0 amide bonds. The van der Waals surface area contributed by atoms with Crippen molar-refractivity contribution in [1.82, 2.24) is 5.32 Å². The van der Waals surface area contributed by atoms with E-state index in [4.69, 9.17) is 5.73 Å². The van der Waals surface area contributed by atoms with Gasteiger partial charge in [0.15, 0.2) is 0 Å². The molecule has 2 rings (SSSR count). The van der Waals surface area contributed by atoms with Gasteiger partial charge in [0.25, 0.3) is 0 Å². The van der Waals surface area contributed by atoms with Crippen LogP contribution in [0.5, 0.6) is 0 Å². The van der Waals surface area contributed by atoms with E-state index in [0.717, 1.165) is 13.1 Å². The Labute approximate surface area is 105 Å². The fourth-order valence-electron chi connectivity index (χ4n) is 2.71. The van der Waals surface area contributed by atoms with Crippen molar-refractivity contribution in [2.24, 2.45) is 11.7 Å². The quantitative estimate of drug-likeness (QED) is 0.837. The van der Waals surface area contributed by atoms with E-state index >= 15 is 0 Å². The van der Waals surface area contributed by atoms with Crippen molar-refractivity contribution in [1.29, 1.82) is 0 Å². The maximum Gasteiger partial charge on any atom is 0.0208 e. The van der Waals surface area contributed by atoms with Crippen LogP contribution in [-0.2, 0) is 6.54 Å². The van der Waals surface area contributed by atoms with Gasteiger partial charge in [-0.1, -0.05) is 42.7 Å². The monoisotopic (exact) mass is 232 g/mol. The van der Waals surface area contributed by atoms with E-state index in [-0.39, 0.29) is 0 Å². The van der Waals surface area contributed by atoms with Gasteiger partial charge in [-0.25, -0.2) is 0 Å². The van der Waals surface area contributed by atoms with Gasteiger partial charge in [0.1, 0.15) is 0 Å². The smallest absolute Gasteiger partial charge is 0.0208 e. The van der Waals surface area contributed by atoms with E-state index in [9.17, 15) is 0 Å². The molecule has 1 fully saturated rings. The maximum atomic E-state index is 5.84. The molecule has 0 aromatic heterocycles. The molecule has 3 N–H and O–H groups in total. The molecule has 0 saturated heterocycles. The molecule has 0 bridgehead atoms. The standard InChI is InChI=1S/C15H24N2/c1-12-6-8-13(9-7-12)11-17-15-5-3-2-4-14(15)10-16/h6-9,14-15,17H,2-5,10-11,16H2,1H3. The summed E-state index contributed by atoms with van der Waals surface area (Å²) in [6.07, 6.45) is 5.28. The number of nitrogens with two attached hydrogens (primary N) is 1. The van der Waals surface area contributed by atoms with Crippen molar-refractivity contribution in [2.45, 2.75) is 45.2 Å². The zero-order valence-electron chi connectivity index (χ0n) is 10.8. The fraction of sp³-hybridized carbons (Fsp3) is 0.600. The van der Waals surface area contributed by atoms with Crippen LogP contribution in [0.15, 0.2) is 24.3 Å². The number of aryl methyl sites for hydroxylation is 1. The van der Waals surface area contributed by atoms with Crippen molar-refractivity contribution in [2.75, 3.05) is 6.54 Å². The second kappa shape index (κ2) is 6.18. The molecule has 2 atom stereocenters. The normalized spacial score (nSPS) is 24.8. The average Bonchev–Trinajstić information content (AvgIpc) is 2.38. The Kier molecular flexibility index (Phi) is 4.57.